The molecule has 0 aliphatic heterocycles. The second-order valence-electron chi connectivity index (χ2n) is 4.28. The van der Waals surface area contributed by atoms with E-state index in [9.17, 15) is 13.2 Å². The Labute approximate surface area is 118 Å². The van der Waals surface area contributed by atoms with Crippen LogP contribution in [0.1, 0.15) is 22.8 Å². The maximum atomic E-state index is 12.6. The number of nitrogens with one attached hydrogen (secondary N) is 1. The lowest BCUT2D eigenvalue weighted by Crippen LogP contribution is -2.09. The van der Waals surface area contributed by atoms with Crippen molar-refractivity contribution in [3.8, 4) is 6.07 Å². The molecular weight excluding hydrogens is 285 g/mol. The highest BCUT2D eigenvalue weighted by Crippen LogP contribution is 2.31. The molecule has 1 aromatic carbocycles. The van der Waals surface area contributed by atoms with E-state index < -0.39 is 11.7 Å². The molecule has 0 fully saturated rings. The third-order valence-electron chi connectivity index (χ3n) is 2.70. The Hall–Kier alpha value is -2.56. The van der Waals surface area contributed by atoms with Gasteiger partial charge < -0.3 is 9.84 Å². The lowest BCUT2D eigenvalue weighted by molar-refractivity contribution is -0.137. The molecule has 1 heterocycles. The van der Waals surface area contributed by atoms with Crippen molar-refractivity contribution in [2.45, 2.75) is 19.5 Å². The Bertz CT molecular complexity index is 673. The second kappa shape index (κ2) is 5.83. The Morgan fingerprint density at radius 1 is 1.38 bits per heavy atom. The van der Waals surface area contributed by atoms with Gasteiger partial charge in [0.15, 0.2) is 5.82 Å². The summed E-state index contributed by atoms with van der Waals surface area (Å²) in [5.74, 6) is 0.933. The molecule has 2 rings (SSSR count). The lowest BCUT2D eigenvalue weighted by Gasteiger charge is -2.11. The summed E-state index contributed by atoms with van der Waals surface area (Å²) in [5.41, 5.74) is -0.571. The number of nitrogens with zero attached hydrogens (tertiary/aromatic N) is 3. The van der Waals surface area contributed by atoms with Crippen molar-refractivity contribution in [1.29, 1.82) is 5.26 Å². The fourth-order valence-electron chi connectivity index (χ4n) is 1.72. The monoisotopic (exact) mass is 296 g/mol. The second-order valence-corrected chi connectivity index (χ2v) is 4.28. The molecule has 0 saturated heterocycles. The summed E-state index contributed by atoms with van der Waals surface area (Å²) in [5, 5.41) is 15.5. The van der Waals surface area contributed by atoms with Crippen LogP contribution in [0, 0.1) is 18.3 Å². The average Bonchev–Trinajstić information content (AvgIpc) is 2.83. The number of alkyl halides is 3. The fraction of sp³-hybridized carbons (Fsp3) is 0.308. The van der Waals surface area contributed by atoms with E-state index in [1.165, 1.54) is 6.07 Å². The van der Waals surface area contributed by atoms with E-state index in [-0.39, 0.29) is 5.56 Å². The molecule has 1 N–H and O–H groups in total. The van der Waals surface area contributed by atoms with Crippen LogP contribution < -0.4 is 5.32 Å². The summed E-state index contributed by atoms with van der Waals surface area (Å²) in [6.07, 6.45) is -4.03. The molecule has 110 valence electrons. The van der Waals surface area contributed by atoms with Crippen LogP contribution in [-0.2, 0) is 12.6 Å². The molecule has 5 nitrogen and oxygen atoms in total. The standard InChI is InChI=1S/C13H11F3N4O/c1-8-19-12(20-21-8)4-5-18-11-3-2-10(13(14,15)16)6-9(11)7-17/h2-3,6,18H,4-5H2,1H3. The summed E-state index contributed by atoms with van der Waals surface area (Å²) in [6, 6.07) is 4.74. The molecular formula is C13H11F3N4O. The van der Waals surface area contributed by atoms with Crippen LogP contribution in [0.2, 0.25) is 0 Å². The number of hydrogen-bond donors (Lipinski definition) is 1. The minimum absolute atomic E-state index is 0.0610. The van der Waals surface area contributed by atoms with Crippen molar-refractivity contribution in [2.75, 3.05) is 11.9 Å². The van der Waals surface area contributed by atoms with E-state index in [4.69, 9.17) is 9.78 Å². The van der Waals surface area contributed by atoms with E-state index in [0.717, 1.165) is 12.1 Å². The lowest BCUT2D eigenvalue weighted by atomic mass is 10.1. The number of benzene rings is 1. The third kappa shape index (κ3) is 3.72. The smallest absolute Gasteiger partial charge is 0.384 e. The average molecular weight is 296 g/mol. The van der Waals surface area contributed by atoms with Gasteiger partial charge in [-0.3, -0.25) is 0 Å². The maximum absolute atomic E-state index is 12.6. The van der Waals surface area contributed by atoms with Crippen LogP contribution in [-0.4, -0.2) is 16.7 Å². The molecule has 8 heteroatoms. The quantitative estimate of drug-likeness (QED) is 0.939. The summed E-state index contributed by atoms with van der Waals surface area (Å²) in [4.78, 5) is 4.00. The number of nitriles is 1. The van der Waals surface area contributed by atoms with Crippen LogP contribution >= 0.6 is 0 Å². The zero-order chi connectivity index (χ0) is 15.5. The number of halogens is 3. The largest absolute Gasteiger partial charge is 0.416 e. The first-order chi connectivity index (χ1) is 9.90. The number of hydrogen-bond acceptors (Lipinski definition) is 5. The van der Waals surface area contributed by atoms with Crippen LogP contribution in [0.3, 0.4) is 0 Å². The first-order valence-electron chi connectivity index (χ1n) is 6.04. The SMILES string of the molecule is Cc1nc(CCNc2ccc(C(F)(F)F)cc2C#N)no1. The molecule has 0 bridgehead atoms. The van der Waals surface area contributed by atoms with Crippen molar-refractivity contribution in [1.82, 2.24) is 10.1 Å². The third-order valence-corrected chi connectivity index (χ3v) is 2.70. The van der Waals surface area contributed by atoms with Crippen LogP contribution in [0.5, 0.6) is 0 Å². The molecule has 0 aliphatic rings. The van der Waals surface area contributed by atoms with Crippen LogP contribution in [0.15, 0.2) is 22.7 Å². The van der Waals surface area contributed by atoms with Gasteiger partial charge in [0.25, 0.3) is 0 Å². The Morgan fingerprint density at radius 3 is 2.71 bits per heavy atom. The topological polar surface area (TPSA) is 74.7 Å². The van der Waals surface area contributed by atoms with Gasteiger partial charge in [0, 0.05) is 19.9 Å². The number of aryl methyl sites for hydroxylation is 1. The highest BCUT2D eigenvalue weighted by Gasteiger charge is 2.31. The van der Waals surface area contributed by atoms with Crippen LogP contribution in [0.4, 0.5) is 18.9 Å². The summed E-state index contributed by atoms with van der Waals surface area (Å²) in [7, 11) is 0. The Balaban J connectivity index is 2.05. The van der Waals surface area contributed by atoms with Crippen LogP contribution in [0.25, 0.3) is 0 Å². The van der Waals surface area contributed by atoms with E-state index in [2.05, 4.69) is 15.5 Å². The number of anilines is 1. The molecule has 0 amide bonds. The predicted octanol–water partition coefficient (Wildman–Crippen LogP) is 2.92. The molecule has 21 heavy (non-hydrogen) atoms. The normalized spacial score (nSPS) is 11.2. The summed E-state index contributed by atoms with van der Waals surface area (Å²) >= 11 is 0. The molecule has 0 saturated carbocycles. The molecule has 0 unspecified atom stereocenters. The highest BCUT2D eigenvalue weighted by molar-refractivity contribution is 5.59. The van der Waals surface area contributed by atoms with Crippen molar-refractivity contribution in [3.63, 3.8) is 0 Å². The highest BCUT2D eigenvalue weighted by atomic mass is 19.4. The summed E-state index contributed by atoms with van der Waals surface area (Å²) in [6.45, 7) is 2.03. The van der Waals surface area contributed by atoms with Crippen molar-refractivity contribution in [2.24, 2.45) is 0 Å². The van der Waals surface area contributed by atoms with Crippen molar-refractivity contribution >= 4 is 5.69 Å². The zero-order valence-corrected chi connectivity index (χ0v) is 11.0. The predicted molar refractivity (Wildman–Crippen MR) is 67.4 cm³/mol. The van der Waals surface area contributed by atoms with Crippen molar-refractivity contribution < 1.29 is 17.7 Å². The minimum atomic E-state index is -4.47. The molecule has 2 aromatic rings. The molecule has 0 aliphatic carbocycles. The van der Waals surface area contributed by atoms with Gasteiger partial charge in [-0.1, -0.05) is 5.16 Å². The van der Waals surface area contributed by atoms with E-state index in [0.29, 0.717) is 30.4 Å². The van der Waals surface area contributed by atoms with Gasteiger partial charge in [0.05, 0.1) is 16.8 Å². The Morgan fingerprint density at radius 2 is 2.14 bits per heavy atom. The van der Waals surface area contributed by atoms with Crippen molar-refractivity contribution in [3.05, 3.63) is 41.0 Å². The molecule has 0 atom stereocenters. The Kier molecular flexibility index (Phi) is 4.12. The van der Waals surface area contributed by atoms with Gasteiger partial charge in [-0.25, -0.2) is 0 Å². The van der Waals surface area contributed by atoms with E-state index in [1.54, 1.807) is 13.0 Å². The minimum Gasteiger partial charge on any atom is -0.384 e. The maximum Gasteiger partial charge on any atom is 0.416 e. The van der Waals surface area contributed by atoms with Gasteiger partial charge in [-0.05, 0) is 18.2 Å². The molecule has 0 radical (unpaired) electrons. The fourth-order valence-corrected chi connectivity index (χ4v) is 1.72. The van der Waals surface area contributed by atoms with Gasteiger partial charge in [-0.15, -0.1) is 0 Å². The first kappa shape index (κ1) is 14.8. The van der Waals surface area contributed by atoms with Gasteiger partial charge in [0.2, 0.25) is 5.89 Å². The van der Waals surface area contributed by atoms with E-state index in [1.807, 2.05) is 0 Å². The zero-order valence-electron chi connectivity index (χ0n) is 11.0. The summed E-state index contributed by atoms with van der Waals surface area (Å²) < 4.78 is 42.5. The van der Waals surface area contributed by atoms with Gasteiger partial charge in [0.1, 0.15) is 6.07 Å². The molecule has 0 spiro atoms. The van der Waals surface area contributed by atoms with Gasteiger partial charge >= 0.3 is 6.18 Å². The van der Waals surface area contributed by atoms with Gasteiger partial charge in [-0.2, -0.15) is 23.4 Å². The molecule has 1 aromatic heterocycles. The van der Waals surface area contributed by atoms with E-state index >= 15 is 0 Å². The number of rotatable bonds is 4. The number of aromatic nitrogens is 2. The first-order valence-corrected chi connectivity index (χ1v) is 6.04.